The van der Waals surface area contributed by atoms with Crippen LogP contribution in [0.15, 0.2) is 24.3 Å². The van der Waals surface area contributed by atoms with Gasteiger partial charge < -0.3 is 5.32 Å². The van der Waals surface area contributed by atoms with Crippen LogP contribution in [0.4, 0.5) is 4.79 Å². The maximum atomic E-state index is 11.3. The van der Waals surface area contributed by atoms with E-state index in [9.17, 15) is 9.59 Å². The van der Waals surface area contributed by atoms with Crippen LogP contribution in [-0.4, -0.2) is 18.0 Å². The fourth-order valence-corrected chi connectivity index (χ4v) is 1.56. The summed E-state index contributed by atoms with van der Waals surface area (Å²) in [6.45, 7) is 2.01. The summed E-state index contributed by atoms with van der Waals surface area (Å²) in [7, 11) is 0. The predicted molar refractivity (Wildman–Crippen MR) is 55.3 cm³/mol. The minimum absolute atomic E-state index is 0.249. The molecule has 0 unspecified atom stereocenters. The average molecular weight is 204 g/mol. The van der Waals surface area contributed by atoms with Gasteiger partial charge in [0.15, 0.2) is 0 Å². The van der Waals surface area contributed by atoms with E-state index in [2.05, 4.69) is 10.6 Å². The van der Waals surface area contributed by atoms with Gasteiger partial charge in [-0.1, -0.05) is 29.8 Å². The quantitative estimate of drug-likeness (QED) is 0.698. The topological polar surface area (TPSA) is 58.2 Å². The van der Waals surface area contributed by atoms with Gasteiger partial charge >= 0.3 is 6.03 Å². The maximum absolute atomic E-state index is 11.3. The molecule has 1 aromatic carbocycles. The van der Waals surface area contributed by atoms with E-state index in [1.165, 1.54) is 5.56 Å². The SMILES string of the molecule is Cc1ccc(C[C@@H]2NC(=O)NC2=O)cc1. The highest BCUT2D eigenvalue weighted by atomic mass is 16.2. The monoisotopic (exact) mass is 204 g/mol. The highest BCUT2D eigenvalue weighted by molar-refractivity contribution is 6.04. The van der Waals surface area contributed by atoms with Crippen LogP contribution in [0.5, 0.6) is 0 Å². The van der Waals surface area contributed by atoms with Gasteiger partial charge in [0, 0.05) is 6.42 Å². The molecule has 4 heteroatoms. The molecule has 4 nitrogen and oxygen atoms in total. The van der Waals surface area contributed by atoms with Gasteiger partial charge in [0.1, 0.15) is 6.04 Å². The van der Waals surface area contributed by atoms with Crippen molar-refractivity contribution in [3.05, 3.63) is 35.4 Å². The number of hydrogen-bond acceptors (Lipinski definition) is 2. The minimum Gasteiger partial charge on any atom is -0.326 e. The Kier molecular flexibility index (Phi) is 2.41. The lowest BCUT2D eigenvalue weighted by atomic mass is 10.0. The second kappa shape index (κ2) is 3.73. The Morgan fingerprint density at radius 3 is 2.40 bits per heavy atom. The first-order valence-corrected chi connectivity index (χ1v) is 4.82. The summed E-state index contributed by atoms with van der Waals surface area (Å²) in [5.41, 5.74) is 2.22. The zero-order valence-corrected chi connectivity index (χ0v) is 8.41. The highest BCUT2D eigenvalue weighted by Crippen LogP contribution is 2.07. The van der Waals surface area contributed by atoms with Crippen molar-refractivity contribution < 1.29 is 9.59 Å². The normalized spacial score (nSPS) is 19.9. The number of rotatable bonds is 2. The van der Waals surface area contributed by atoms with E-state index < -0.39 is 12.1 Å². The van der Waals surface area contributed by atoms with Crippen LogP contribution in [0.1, 0.15) is 11.1 Å². The number of urea groups is 1. The summed E-state index contributed by atoms with van der Waals surface area (Å²) >= 11 is 0. The first-order chi connectivity index (χ1) is 7.15. The molecule has 3 amide bonds. The maximum Gasteiger partial charge on any atom is 0.322 e. The first kappa shape index (κ1) is 9.71. The number of imide groups is 1. The Hall–Kier alpha value is -1.84. The third kappa shape index (κ3) is 2.15. The second-order valence-electron chi connectivity index (χ2n) is 3.71. The number of carbonyl (C=O) groups excluding carboxylic acids is 2. The van der Waals surface area contributed by atoms with Crippen molar-refractivity contribution in [2.24, 2.45) is 0 Å². The second-order valence-corrected chi connectivity index (χ2v) is 3.71. The van der Waals surface area contributed by atoms with Crippen molar-refractivity contribution in [2.75, 3.05) is 0 Å². The standard InChI is InChI=1S/C11H12N2O2/c1-7-2-4-8(5-3-7)6-9-10(14)13-11(15)12-9/h2-5,9H,6H2,1H3,(H2,12,13,14,15)/t9-/m0/s1. The lowest BCUT2D eigenvalue weighted by Gasteiger charge is -2.06. The Balaban J connectivity index is 2.06. The summed E-state index contributed by atoms with van der Waals surface area (Å²) in [6.07, 6.45) is 0.540. The van der Waals surface area contributed by atoms with Gasteiger partial charge in [-0.3, -0.25) is 10.1 Å². The van der Waals surface area contributed by atoms with E-state index >= 15 is 0 Å². The number of amides is 3. The molecule has 78 valence electrons. The summed E-state index contributed by atoms with van der Waals surface area (Å²) in [6, 6.07) is 7.08. The molecule has 0 aromatic heterocycles. The van der Waals surface area contributed by atoms with Crippen molar-refractivity contribution in [3.8, 4) is 0 Å². The Labute approximate surface area is 87.7 Å². The highest BCUT2D eigenvalue weighted by Gasteiger charge is 2.29. The minimum atomic E-state index is -0.430. The van der Waals surface area contributed by atoms with E-state index in [-0.39, 0.29) is 5.91 Å². The largest absolute Gasteiger partial charge is 0.326 e. The van der Waals surface area contributed by atoms with E-state index in [4.69, 9.17) is 0 Å². The van der Waals surface area contributed by atoms with Gasteiger partial charge in [-0.2, -0.15) is 0 Å². The van der Waals surface area contributed by atoms with Gasteiger partial charge in [-0.15, -0.1) is 0 Å². The number of carbonyl (C=O) groups is 2. The first-order valence-electron chi connectivity index (χ1n) is 4.82. The van der Waals surface area contributed by atoms with Crippen LogP contribution in [0.3, 0.4) is 0 Å². The van der Waals surface area contributed by atoms with E-state index in [1.54, 1.807) is 0 Å². The summed E-state index contributed by atoms with van der Waals surface area (Å²) in [4.78, 5) is 22.1. The lowest BCUT2D eigenvalue weighted by molar-refractivity contribution is -0.120. The molecular formula is C11H12N2O2. The molecule has 15 heavy (non-hydrogen) atoms. The van der Waals surface area contributed by atoms with Crippen LogP contribution in [0.25, 0.3) is 0 Å². The van der Waals surface area contributed by atoms with Crippen molar-refractivity contribution >= 4 is 11.9 Å². The third-order valence-electron chi connectivity index (χ3n) is 2.42. The summed E-state index contributed by atoms with van der Waals surface area (Å²) in [5.74, 6) is -0.249. The molecule has 0 bridgehead atoms. The van der Waals surface area contributed by atoms with E-state index in [1.807, 2.05) is 31.2 Å². The van der Waals surface area contributed by atoms with Crippen molar-refractivity contribution in [1.29, 1.82) is 0 Å². The van der Waals surface area contributed by atoms with Crippen molar-refractivity contribution in [2.45, 2.75) is 19.4 Å². The fourth-order valence-electron chi connectivity index (χ4n) is 1.56. The molecule has 1 aliphatic heterocycles. The zero-order chi connectivity index (χ0) is 10.8. The number of nitrogens with one attached hydrogen (secondary N) is 2. The molecule has 0 aliphatic carbocycles. The summed E-state index contributed by atoms with van der Waals surface area (Å²) < 4.78 is 0. The third-order valence-corrected chi connectivity index (χ3v) is 2.42. The van der Waals surface area contributed by atoms with Crippen LogP contribution in [0.2, 0.25) is 0 Å². The molecule has 2 N–H and O–H groups in total. The summed E-state index contributed by atoms with van der Waals surface area (Å²) in [5, 5.41) is 4.78. The fraction of sp³-hybridized carbons (Fsp3) is 0.273. The van der Waals surface area contributed by atoms with Crippen molar-refractivity contribution in [1.82, 2.24) is 10.6 Å². The zero-order valence-electron chi connectivity index (χ0n) is 8.41. The number of aryl methyl sites for hydroxylation is 1. The lowest BCUT2D eigenvalue weighted by Crippen LogP contribution is -2.31. The molecule has 0 saturated carbocycles. The molecule has 1 saturated heterocycles. The van der Waals surface area contributed by atoms with Gasteiger partial charge in [0.25, 0.3) is 5.91 Å². The van der Waals surface area contributed by atoms with Crippen LogP contribution >= 0.6 is 0 Å². The van der Waals surface area contributed by atoms with Gasteiger partial charge in [0.05, 0.1) is 0 Å². The van der Waals surface area contributed by atoms with E-state index in [0.29, 0.717) is 6.42 Å². The Morgan fingerprint density at radius 2 is 1.87 bits per heavy atom. The van der Waals surface area contributed by atoms with Gasteiger partial charge in [-0.05, 0) is 12.5 Å². The van der Waals surface area contributed by atoms with Crippen LogP contribution < -0.4 is 10.6 Å². The average Bonchev–Trinajstić information content (AvgIpc) is 2.49. The molecule has 0 spiro atoms. The number of benzene rings is 1. The molecule has 1 aromatic rings. The van der Waals surface area contributed by atoms with Crippen LogP contribution in [-0.2, 0) is 11.2 Å². The van der Waals surface area contributed by atoms with E-state index in [0.717, 1.165) is 5.56 Å². The molecule has 1 fully saturated rings. The molecule has 1 heterocycles. The smallest absolute Gasteiger partial charge is 0.322 e. The number of hydrogen-bond donors (Lipinski definition) is 2. The van der Waals surface area contributed by atoms with Gasteiger partial charge in [0.2, 0.25) is 0 Å². The van der Waals surface area contributed by atoms with Gasteiger partial charge in [-0.25, -0.2) is 4.79 Å². The molecule has 1 aliphatic rings. The molecule has 0 radical (unpaired) electrons. The molecular weight excluding hydrogens is 192 g/mol. The molecule has 2 rings (SSSR count). The van der Waals surface area contributed by atoms with Crippen LogP contribution in [0, 0.1) is 6.92 Å². The Bertz CT molecular complexity index is 398. The predicted octanol–water partition coefficient (Wildman–Crippen LogP) is 0.746. The van der Waals surface area contributed by atoms with Crippen molar-refractivity contribution in [3.63, 3.8) is 0 Å². The molecule has 1 atom stereocenters. The Morgan fingerprint density at radius 1 is 1.20 bits per heavy atom.